The molecule has 0 amide bonds. The Kier molecular flexibility index (Phi) is 4.06. The molecule has 0 spiro atoms. The number of aliphatic hydroxyl groups excluding tert-OH is 1. The van der Waals surface area contributed by atoms with Crippen molar-refractivity contribution in [2.75, 3.05) is 18.1 Å². The van der Waals surface area contributed by atoms with E-state index < -0.39 is 0 Å². The first kappa shape index (κ1) is 15.0. The van der Waals surface area contributed by atoms with Gasteiger partial charge in [-0.15, -0.1) is 11.3 Å². The molecule has 120 valence electrons. The Morgan fingerprint density at radius 1 is 1.00 bits per heavy atom. The second-order valence-electron chi connectivity index (χ2n) is 5.46. The molecule has 0 radical (unpaired) electrons. The maximum Gasteiger partial charge on any atom is 0.150 e. The molecule has 3 heterocycles. The van der Waals surface area contributed by atoms with Crippen LogP contribution in [0, 0.1) is 0 Å². The minimum absolute atomic E-state index is 0.0709. The fraction of sp³-hybridized carbons (Fsp3) is 0.167. The number of nitrogens with zero attached hydrogens (tertiary/aromatic N) is 4. The van der Waals surface area contributed by atoms with Crippen LogP contribution in [0.4, 0.5) is 5.82 Å². The second-order valence-corrected chi connectivity index (χ2v) is 6.46. The highest BCUT2D eigenvalue weighted by Gasteiger charge is 2.17. The molecular weight excluding hydrogens is 320 g/mol. The zero-order valence-electron chi connectivity index (χ0n) is 13.0. The number of rotatable bonds is 5. The standard InChI is InChI=1S/C18H16N4OS/c23-10-9-22(11-13-5-2-1-3-6-13)17-16-15(20-12-21-17)14-7-4-8-19-18(14)24-16/h1-8,12,23H,9-11H2. The highest BCUT2D eigenvalue weighted by Crippen LogP contribution is 2.36. The molecule has 1 N–H and O–H groups in total. The molecule has 1 aromatic carbocycles. The first-order valence-corrected chi connectivity index (χ1v) is 8.56. The Morgan fingerprint density at radius 3 is 2.71 bits per heavy atom. The molecule has 6 heteroatoms. The molecule has 3 aromatic heterocycles. The zero-order valence-corrected chi connectivity index (χ0v) is 13.8. The van der Waals surface area contributed by atoms with Gasteiger partial charge in [0.1, 0.15) is 11.2 Å². The minimum Gasteiger partial charge on any atom is -0.395 e. The summed E-state index contributed by atoms with van der Waals surface area (Å²) >= 11 is 1.59. The number of benzene rings is 1. The van der Waals surface area contributed by atoms with Crippen molar-refractivity contribution in [1.29, 1.82) is 0 Å². The number of aromatic nitrogens is 3. The van der Waals surface area contributed by atoms with Crippen molar-refractivity contribution in [3.8, 4) is 0 Å². The summed E-state index contributed by atoms with van der Waals surface area (Å²) in [6, 6.07) is 14.2. The Labute approximate surface area is 143 Å². The molecule has 0 unspecified atom stereocenters. The predicted octanol–water partition coefficient (Wildman–Crippen LogP) is 3.24. The van der Waals surface area contributed by atoms with Crippen LogP contribution in [-0.4, -0.2) is 33.2 Å². The van der Waals surface area contributed by atoms with Crippen LogP contribution >= 0.6 is 11.3 Å². The van der Waals surface area contributed by atoms with Gasteiger partial charge in [0.25, 0.3) is 0 Å². The van der Waals surface area contributed by atoms with Crippen LogP contribution in [0.1, 0.15) is 5.56 Å². The van der Waals surface area contributed by atoms with Gasteiger partial charge in [-0.05, 0) is 17.7 Å². The monoisotopic (exact) mass is 336 g/mol. The maximum atomic E-state index is 9.49. The van der Waals surface area contributed by atoms with E-state index in [1.54, 1.807) is 23.9 Å². The van der Waals surface area contributed by atoms with E-state index in [1.165, 1.54) is 5.56 Å². The van der Waals surface area contributed by atoms with Gasteiger partial charge >= 0.3 is 0 Å². The molecule has 0 saturated carbocycles. The fourth-order valence-corrected chi connectivity index (χ4v) is 3.92. The zero-order chi connectivity index (χ0) is 16.4. The Hall–Kier alpha value is -2.57. The summed E-state index contributed by atoms with van der Waals surface area (Å²) in [5.74, 6) is 0.848. The number of pyridine rings is 1. The lowest BCUT2D eigenvalue weighted by molar-refractivity contribution is 0.301. The van der Waals surface area contributed by atoms with Gasteiger partial charge in [-0.3, -0.25) is 0 Å². The Balaban J connectivity index is 1.82. The first-order chi connectivity index (χ1) is 11.9. The minimum atomic E-state index is 0.0709. The fourth-order valence-electron chi connectivity index (χ4n) is 2.81. The molecule has 0 atom stereocenters. The molecule has 0 aliphatic rings. The number of hydrogen-bond donors (Lipinski definition) is 1. The van der Waals surface area contributed by atoms with Crippen LogP contribution < -0.4 is 4.90 Å². The average molecular weight is 336 g/mol. The van der Waals surface area contributed by atoms with Crippen LogP contribution in [0.2, 0.25) is 0 Å². The molecule has 4 aromatic rings. The van der Waals surface area contributed by atoms with E-state index in [4.69, 9.17) is 0 Å². The highest BCUT2D eigenvalue weighted by atomic mass is 32.1. The summed E-state index contributed by atoms with van der Waals surface area (Å²) in [7, 11) is 0. The van der Waals surface area contributed by atoms with Gasteiger partial charge in [0, 0.05) is 24.7 Å². The summed E-state index contributed by atoms with van der Waals surface area (Å²) in [6.07, 6.45) is 3.38. The van der Waals surface area contributed by atoms with Crippen molar-refractivity contribution in [2.24, 2.45) is 0 Å². The molecule has 5 nitrogen and oxygen atoms in total. The lowest BCUT2D eigenvalue weighted by atomic mass is 10.2. The van der Waals surface area contributed by atoms with Crippen molar-refractivity contribution in [1.82, 2.24) is 15.0 Å². The SMILES string of the molecule is OCCN(Cc1ccccc1)c1ncnc2c1sc1ncccc12. The van der Waals surface area contributed by atoms with Gasteiger partial charge in [0.15, 0.2) is 5.82 Å². The lowest BCUT2D eigenvalue weighted by Crippen LogP contribution is -2.27. The third-order valence-electron chi connectivity index (χ3n) is 3.90. The van der Waals surface area contributed by atoms with Gasteiger partial charge in [0.2, 0.25) is 0 Å². The number of anilines is 1. The van der Waals surface area contributed by atoms with Crippen LogP contribution in [0.3, 0.4) is 0 Å². The normalized spacial score (nSPS) is 11.2. The van der Waals surface area contributed by atoms with Crippen LogP contribution in [0.25, 0.3) is 20.4 Å². The number of fused-ring (bicyclic) bond motifs is 3. The van der Waals surface area contributed by atoms with Crippen molar-refractivity contribution in [2.45, 2.75) is 6.54 Å². The number of thiophene rings is 1. The highest BCUT2D eigenvalue weighted by molar-refractivity contribution is 7.25. The van der Waals surface area contributed by atoms with E-state index in [-0.39, 0.29) is 6.61 Å². The molecule has 0 bridgehead atoms. The number of aliphatic hydroxyl groups is 1. The molecule has 24 heavy (non-hydrogen) atoms. The van der Waals surface area contributed by atoms with Crippen molar-refractivity contribution < 1.29 is 5.11 Å². The summed E-state index contributed by atoms with van der Waals surface area (Å²) < 4.78 is 1.01. The molecule has 0 aliphatic carbocycles. The third-order valence-corrected chi connectivity index (χ3v) is 4.99. The largest absolute Gasteiger partial charge is 0.395 e. The number of hydrogen-bond acceptors (Lipinski definition) is 6. The van der Waals surface area contributed by atoms with E-state index in [0.717, 1.165) is 26.3 Å². The molecule has 4 rings (SSSR count). The van der Waals surface area contributed by atoms with E-state index in [2.05, 4.69) is 32.0 Å². The van der Waals surface area contributed by atoms with Crippen molar-refractivity contribution in [3.05, 3.63) is 60.6 Å². The second kappa shape index (κ2) is 6.51. The maximum absolute atomic E-state index is 9.49. The summed E-state index contributed by atoms with van der Waals surface area (Å²) in [5, 5.41) is 10.5. The van der Waals surface area contributed by atoms with Gasteiger partial charge < -0.3 is 10.0 Å². The van der Waals surface area contributed by atoms with Gasteiger partial charge in [-0.25, -0.2) is 15.0 Å². The molecular formula is C18H16N4OS. The van der Waals surface area contributed by atoms with E-state index >= 15 is 0 Å². The van der Waals surface area contributed by atoms with Crippen LogP contribution in [0.5, 0.6) is 0 Å². The van der Waals surface area contributed by atoms with Crippen LogP contribution in [-0.2, 0) is 6.54 Å². The lowest BCUT2D eigenvalue weighted by Gasteiger charge is -2.23. The molecule has 0 fully saturated rings. The van der Waals surface area contributed by atoms with Crippen LogP contribution in [0.15, 0.2) is 55.0 Å². The quantitative estimate of drug-likeness (QED) is 0.606. The van der Waals surface area contributed by atoms with E-state index in [1.807, 2.05) is 30.3 Å². The predicted molar refractivity (Wildman–Crippen MR) is 97.3 cm³/mol. The first-order valence-electron chi connectivity index (χ1n) is 7.75. The van der Waals surface area contributed by atoms with Crippen molar-refractivity contribution >= 4 is 37.6 Å². The third kappa shape index (κ3) is 2.70. The summed E-state index contributed by atoms with van der Waals surface area (Å²) in [4.78, 5) is 16.4. The van der Waals surface area contributed by atoms with Crippen molar-refractivity contribution in [3.63, 3.8) is 0 Å². The summed E-state index contributed by atoms with van der Waals surface area (Å²) in [5.41, 5.74) is 2.10. The van der Waals surface area contributed by atoms with Gasteiger partial charge in [-0.2, -0.15) is 0 Å². The van der Waals surface area contributed by atoms with Gasteiger partial charge in [0.05, 0.1) is 16.8 Å². The summed E-state index contributed by atoms with van der Waals surface area (Å²) in [6.45, 7) is 1.28. The average Bonchev–Trinajstić information content (AvgIpc) is 3.01. The van der Waals surface area contributed by atoms with Gasteiger partial charge in [-0.1, -0.05) is 30.3 Å². The van der Waals surface area contributed by atoms with E-state index in [9.17, 15) is 5.11 Å². The topological polar surface area (TPSA) is 62.1 Å². The molecule has 0 saturated heterocycles. The Morgan fingerprint density at radius 2 is 1.88 bits per heavy atom. The smallest absolute Gasteiger partial charge is 0.150 e. The van der Waals surface area contributed by atoms with E-state index in [0.29, 0.717) is 13.1 Å². The Bertz CT molecular complexity index is 971. The molecule has 0 aliphatic heterocycles.